The van der Waals surface area contributed by atoms with Crippen LogP contribution in [0.15, 0.2) is 47.7 Å². The molecule has 2 aliphatic rings. The highest BCUT2D eigenvalue weighted by atomic mass is 16.5. The first-order chi connectivity index (χ1) is 16.6. The molecule has 1 aromatic carbocycles. The average Bonchev–Trinajstić information content (AvgIpc) is 3.40. The van der Waals surface area contributed by atoms with E-state index in [-0.39, 0.29) is 28.9 Å². The molecular formula is C24H30N8O2. The molecule has 1 aromatic heterocycles. The van der Waals surface area contributed by atoms with Gasteiger partial charge in [0.25, 0.3) is 5.91 Å². The van der Waals surface area contributed by atoms with Gasteiger partial charge < -0.3 is 26.0 Å². The highest BCUT2D eigenvalue weighted by Gasteiger charge is 2.37. The van der Waals surface area contributed by atoms with Crippen molar-refractivity contribution in [2.75, 3.05) is 38.5 Å². The number of ether oxygens (including phenoxy) is 1. The standard InChI is InChI=1S/C24H30N8O2/c25-17-31-23(29-15-19-7-4-14-34-19)32-12-8-24(9-13-32,18-5-2-1-3-6-18)16-30-22(33)20-21(26)28-11-10-27-20/h1-3,5-6,10-11,19H,4,7-9,12-16H2,(H2,26,28)(H,29,31)(H,30,33)/t19-/m1/s1. The summed E-state index contributed by atoms with van der Waals surface area (Å²) in [6.45, 7) is 3.24. The molecule has 2 saturated heterocycles. The predicted octanol–water partition coefficient (Wildman–Crippen LogP) is 1.43. The Labute approximate surface area is 199 Å². The van der Waals surface area contributed by atoms with E-state index in [4.69, 9.17) is 10.5 Å². The molecule has 1 atom stereocenters. The van der Waals surface area contributed by atoms with Crippen LogP contribution < -0.4 is 16.4 Å². The molecule has 1 amide bonds. The second-order valence-electron chi connectivity index (χ2n) is 8.66. The number of aromatic nitrogens is 2. The highest BCUT2D eigenvalue weighted by Crippen LogP contribution is 2.35. The normalized spacial score (nSPS) is 19.9. The summed E-state index contributed by atoms with van der Waals surface area (Å²) in [5.74, 6) is 0.350. The van der Waals surface area contributed by atoms with Gasteiger partial charge in [-0.2, -0.15) is 5.26 Å². The Morgan fingerprint density at radius 1 is 1.24 bits per heavy atom. The molecule has 2 aromatic rings. The van der Waals surface area contributed by atoms with Crippen LogP contribution in [0.2, 0.25) is 0 Å². The van der Waals surface area contributed by atoms with Gasteiger partial charge in [-0.05, 0) is 31.2 Å². The Morgan fingerprint density at radius 3 is 2.68 bits per heavy atom. The van der Waals surface area contributed by atoms with E-state index in [1.165, 1.54) is 12.4 Å². The van der Waals surface area contributed by atoms with Crippen molar-refractivity contribution in [3.8, 4) is 6.19 Å². The van der Waals surface area contributed by atoms with Gasteiger partial charge in [0.1, 0.15) is 0 Å². The number of benzene rings is 1. The molecule has 0 aliphatic carbocycles. The van der Waals surface area contributed by atoms with Crippen LogP contribution in [-0.2, 0) is 10.2 Å². The van der Waals surface area contributed by atoms with Crippen LogP contribution in [0, 0.1) is 11.5 Å². The number of aliphatic imine (C=N–C) groups is 1. The Kier molecular flexibility index (Phi) is 7.54. The quantitative estimate of drug-likeness (QED) is 0.332. The molecule has 0 unspecified atom stereocenters. The molecule has 0 radical (unpaired) electrons. The van der Waals surface area contributed by atoms with Gasteiger partial charge in [0.15, 0.2) is 11.5 Å². The van der Waals surface area contributed by atoms with Crippen molar-refractivity contribution < 1.29 is 9.53 Å². The van der Waals surface area contributed by atoms with Gasteiger partial charge in [-0.3, -0.25) is 4.79 Å². The van der Waals surface area contributed by atoms with Gasteiger partial charge in [-0.15, -0.1) is 4.99 Å². The second-order valence-corrected chi connectivity index (χ2v) is 8.66. The van der Waals surface area contributed by atoms with E-state index in [9.17, 15) is 10.1 Å². The Hall–Kier alpha value is -3.71. The zero-order valence-corrected chi connectivity index (χ0v) is 19.1. The van der Waals surface area contributed by atoms with E-state index in [2.05, 4.69) is 42.6 Å². The fourth-order valence-electron chi connectivity index (χ4n) is 4.64. The molecule has 4 rings (SSSR count). The number of guanidine groups is 1. The maximum absolute atomic E-state index is 12.8. The van der Waals surface area contributed by atoms with Crippen molar-refractivity contribution >= 4 is 17.7 Å². The van der Waals surface area contributed by atoms with Gasteiger partial charge in [0.05, 0.1) is 6.10 Å². The number of nitrogens with one attached hydrogen (secondary N) is 2. The molecule has 178 valence electrons. The van der Waals surface area contributed by atoms with Crippen molar-refractivity contribution in [3.05, 3.63) is 54.0 Å². The van der Waals surface area contributed by atoms with Crippen LogP contribution >= 0.6 is 0 Å². The summed E-state index contributed by atoms with van der Waals surface area (Å²) in [4.78, 5) is 26.9. The molecule has 10 heteroatoms. The summed E-state index contributed by atoms with van der Waals surface area (Å²) in [5, 5.41) is 15.5. The summed E-state index contributed by atoms with van der Waals surface area (Å²) >= 11 is 0. The van der Waals surface area contributed by atoms with Crippen LogP contribution in [-0.4, -0.2) is 65.6 Å². The van der Waals surface area contributed by atoms with E-state index < -0.39 is 0 Å². The monoisotopic (exact) mass is 462 g/mol. The van der Waals surface area contributed by atoms with Crippen molar-refractivity contribution in [2.24, 2.45) is 4.99 Å². The maximum Gasteiger partial charge on any atom is 0.273 e. The first-order valence-electron chi connectivity index (χ1n) is 11.6. The molecule has 10 nitrogen and oxygen atoms in total. The third-order valence-electron chi connectivity index (χ3n) is 6.60. The van der Waals surface area contributed by atoms with Gasteiger partial charge in [0.2, 0.25) is 12.2 Å². The van der Waals surface area contributed by atoms with Crippen molar-refractivity contribution in [1.82, 2.24) is 25.5 Å². The lowest BCUT2D eigenvalue weighted by Crippen LogP contribution is -2.53. The van der Waals surface area contributed by atoms with Gasteiger partial charge in [-0.1, -0.05) is 30.3 Å². The number of carbonyl (C=O) groups is 1. The number of likely N-dealkylation sites (tertiary alicyclic amines) is 1. The number of nitrogen functional groups attached to an aromatic ring is 1. The number of hydrogen-bond donors (Lipinski definition) is 3. The van der Waals surface area contributed by atoms with Gasteiger partial charge >= 0.3 is 0 Å². The maximum atomic E-state index is 12.8. The number of rotatable bonds is 6. The number of anilines is 1. The summed E-state index contributed by atoms with van der Waals surface area (Å²) < 4.78 is 5.68. The number of piperidine rings is 1. The van der Waals surface area contributed by atoms with E-state index >= 15 is 0 Å². The lowest BCUT2D eigenvalue weighted by atomic mass is 9.72. The number of nitrogens with two attached hydrogens (primary N) is 1. The molecule has 3 heterocycles. The van der Waals surface area contributed by atoms with Crippen LogP contribution in [0.5, 0.6) is 0 Å². The number of hydrogen-bond acceptors (Lipinski definition) is 7. The molecule has 4 N–H and O–H groups in total. The van der Waals surface area contributed by atoms with E-state index in [0.29, 0.717) is 32.1 Å². The molecule has 0 saturated carbocycles. The summed E-state index contributed by atoms with van der Waals surface area (Å²) in [5.41, 5.74) is 6.85. The van der Waals surface area contributed by atoms with Crippen LogP contribution in [0.25, 0.3) is 0 Å². The first-order valence-corrected chi connectivity index (χ1v) is 11.6. The lowest BCUT2D eigenvalue weighted by Gasteiger charge is -2.43. The number of nitriles is 1. The van der Waals surface area contributed by atoms with E-state index in [0.717, 1.165) is 37.9 Å². The number of carbonyl (C=O) groups excluding carboxylic acids is 1. The average molecular weight is 463 g/mol. The summed E-state index contributed by atoms with van der Waals surface area (Å²) in [6.07, 6.45) is 8.61. The molecule has 0 spiro atoms. The second kappa shape index (κ2) is 10.9. The fraction of sp³-hybridized carbons (Fsp3) is 0.458. The predicted molar refractivity (Wildman–Crippen MR) is 128 cm³/mol. The minimum Gasteiger partial charge on any atom is -0.382 e. The van der Waals surface area contributed by atoms with Crippen LogP contribution in [0.3, 0.4) is 0 Å². The van der Waals surface area contributed by atoms with Crippen molar-refractivity contribution in [3.63, 3.8) is 0 Å². The molecule has 2 aliphatic heterocycles. The van der Waals surface area contributed by atoms with Crippen LogP contribution in [0.4, 0.5) is 5.82 Å². The zero-order chi connectivity index (χ0) is 23.8. The van der Waals surface area contributed by atoms with Gasteiger partial charge in [-0.25, -0.2) is 9.97 Å². The third-order valence-corrected chi connectivity index (χ3v) is 6.60. The third kappa shape index (κ3) is 5.43. The van der Waals surface area contributed by atoms with Crippen LogP contribution in [0.1, 0.15) is 41.7 Å². The van der Waals surface area contributed by atoms with E-state index in [1.54, 1.807) is 0 Å². The summed E-state index contributed by atoms with van der Waals surface area (Å²) in [7, 11) is 0. The largest absolute Gasteiger partial charge is 0.382 e. The smallest absolute Gasteiger partial charge is 0.273 e. The molecule has 0 bridgehead atoms. The van der Waals surface area contributed by atoms with Gasteiger partial charge in [0, 0.05) is 50.6 Å². The first kappa shape index (κ1) is 23.4. The molecular weight excluding hydrogens is 432 g/mol. The number of amides is 1. The lowest BCUT2D eigenvalue weighted by molar-refractivity contribution is 0.0927. The minimum atomic E-state index is -0.340. The van der Waals surface area contributed by atoms with E-state index in [1.807, 2.05) is 24.4 Å². The zero-order valence-electron chi connectivity index (χ0n) is 19.1. The minimum absolute atomic E-state index is 0.109. The SMILES string of the molecule is N#C/N=C(\NC[C@H]1CCCO1)N1CCC(CNC(=O)c2nccnc2N)(c2ccccc2)CC1. The van der Waals surface area contributed by atoms with Crippen molar-refractivity contribution in [2.45, 2.75) is 37.2 Å². The Morgan fingerprint density at radius 2 is 2.00 bits per heavy atom. The topological polar surface area (TPSA) is 142 Å². The molecule has 2 fully saturated rings. The Bertz CT molecular complexity index is 1040. The molecule has 34 heavy (non-hydrogen) atoms. The fourth-order valence-corrected chi connectivity index (χ4v) is 4.64. The Balaban J connectivity index is 1.45. The highest BCUT2D eigenvalue weighted by molar-refractivity contribution is 5.96. The van der Waals surface area contributed by atoms with Crippen molar-refractivity contribution in [1.29, 1.82) is 5.26 Å². The summed E-state index contributed by atoms with van der Waals surface area (Å²) in [6, 6.07) is 10.2. The number of nitrogens with zero attached hydrogens (tertiary/aromatic N) is 5.